The van der Waals surface area contributed by atoms with Gasteiger partial charge >= 0.3 is 5.97 Å². The molecule has 0 saturated carbocycles. The summed E-state index contributed by atoms with van der Waals surface area (Å²) < 4.78 is 10.3. The fourth-order valence-corrected chi connectivity index (χ4v) is 1.73. The molecule has 0 radical (unpaired) electrons. The lowest BCUT2D eigenvalue weighted by molar-refractivity contribution is -0.134. The van der Waals surface area contributed by atoms with Gasteiger partial charge < -0.3 is 9.15 Å². The van der Waals surface area contributed by atoms with Crippen molar-refractivity contribution in [1.29, 1.82) is 0 Å². The van der Waals surface area contributed by atoms with Gasteiger partial charge in [0.2, 0.25) is 0 Å². The summed E-state index contributed by atoms with van der Waals surface area (Å²) in [7, 11) is 1.35. The smallest absolute Gasteiger partial charge is 0.330 e. The Morgan fingerprint density at radius 2 is 1.84 bits per heavy atom. The van der Waals surface area contributed by atoms with Crippen LogP contribution in [-0.2, 0) is 9.53 Å². The highest BCUT2D eigenvalue weighted by atomic mass is 16.5. The van der Waals surface area contributed by atoms with E-state index in [1.807, 2.05) is 50.2 Å². The standard InChI is InChI=1S/C16H16O3/c1-11-4-6-13(7-5-11)15-9-8-14(19-15)12(2)10-16(17)18-3/h4-10H,1-3H3/b12-10+. The molecule has 98 valence electrons. The van der Waals surface area contributed by atoms with Crippen LogP contribution in [0.2, 0.25) is 0 Å². The lowest BCUT2D eigenvalue weighted by atomic mass is 10.1. The Kier molecular flexibility index (Phi) is 3.85. The summed E-state index contributed by atoms with van der Waals surface area (Å²) in [5, 5.41) is 0. The molecule has 1 aromatic heterocycles. The van der Waals surface area contributed by atoms with Crippen LogP contribution in [0.4, 0.5) is 0 Å². The number of carbonyl (C=O) groups is 1. The van der Waals surface area contributed by atoms with Gasteiger partial charge in [-0.2, -0.15) is 0 Å². The summed E-state index contributed by atoms with van der Waals surface area (Å²) in [6.45, 7) is 3.86. The first-order chi connectivity index (χ1) is 9.10. The second-order valence-corrected chi connectivity index (χ2v) is 4.38. The van der Waals surface area contributed by atoms with Crippen LogP contribution >= 0.6 is 0 Å². The van der Waals surface area contributed by atoms with Gasteiger partial charge in [0.1, 0.15) is 11.5 Å². The van der Waals surface area contributed by atoms with Crippen molar-refractivity contribution in [2.24, 2.45) is 0 Å². The highest BCUT2D eigenvalue weighted by Crippen LogP contribution is 2.26. The molecule has 2 aromatic rings. The Morgan fingerprint density at radius 1 is 1.16 bits per heavy atom. The molecule has 3 heteroatoms. The molecule has 0 aliphatic carbocycles. The van der Waals surface area contributed by atoms with Crippen molar-refractivity contribution in [2.75, 3.05) is 7.11 Å². The maximum absolute atomic E-state index is 11.2. The molecule has 0 unspecified atom stereocenters. The Morgan fingerprint density at radius 3 is 2.47 bits per heavy atom. The first kappa shape index (κ1) is 13.1. The number of benzene rings is 1. The molecule has 1 heterocycles. The third kappa shape index (κ3) is 3.13. The molecular weight excluding hydrogens is 240 g/mol. The largest absolute Gasteiger partial charge is 0.466 e. The molecule has 0 aliphatic rings. The number of carbonyl (C=O) groups excluding carboxylic acids is 1. The Bertz CT molecular complexity index is 603. The van der Waals surface area contributed by atoms with Crippen LogP contribution < -0.4 is 0 Å². The number of methoxy groups -OCH3 is 1. The maximum Gasteiger partial charge on any atom is 0.330 e. The predicted molar refractivity (Wildman–Crippen MR) is 74.5 cm³/mol. The first-order valence-electron chi connectivity index (χ1n) is 6.03. The van der Waals surface area contributed by atoms with Crippen LogP contribution in [0.15, 0.2) is 46.9 Å². The molecule has 0 amide bonds. The van der Waals surface area contributed by atoms with Crippen LogP contribution in [0.1, 0.15) is 18.2 Å². The highest BCUT2D eigenvalue weighted by molar-refractivity contribution is 5.90. The molecule has 0 spiro atoms. The van der Waals surface area contributed by atoms with E-state index in [9.17, 15) is 4.79 Å². The van der Waals surface area contributed by atoms with Crippen LogP contribution in [0.3, 0.4) is 0 Å². The number of esters is 1. The van der Waals surface area contributed by atoms with E-state index in [0.717, 1.165) is 16.9 Å². The second-order valence-electron chi connectivity index (χ2n) is 4.38. The molecule has 0 N–H and O–H groups in total. The van der Waals surface area contributed by atoms with Crippen molar-refractivity contribution in [1.82, 2.24) is 0 Å². The maximum atomic E-state index is 11.2. The third-order valence-corrected chi connectivity index (χ3v) is 2.87. The van der Waals surface area contributed by atoms with Gasteiger partial charge in [-0.15, -0.1) is 0 Å². The van der Waals surface area contributed by atoms with Crippen LogP contribution in [-0.4, -0.2) is 13.1 Å². The zero-order valence-corrected chi connectivity index (χ0v) is 11.3. The minimum atomic E-state index is -0.384. The van der Waals surface area contributed by atoms with Gasteiger partial charge in [-0.25, -0.2) is 4.79 Å². The van der Waals surface area contributed by atoms with Gasteiger partial charge in [-0.1, -0.05) is 29.8 Å². The van der Waals surface area contributed by atoms with Crippen molar-refractivity contribution in [3.8, 4) is 11.3 Å². The number of ether oxygens (including phenoxy) is 1. The molecular formula is C16H16O3. The average molecular weight is 256 g/mol. The number of hydrogen-bond donors (Lipinski definition) is 0. The second kappa shape index (κ2) is 5.57. The summed E-state index contributed by atoms with van der Waals surface area (Å²) in [4.78, 5) is 11.2. The van der Waals surface area contributed by atoms with Crippen LogP contribution in [0, 0.1) is 6.92 Å². The molecule has 0 saturated heterocycles. The topological polar surface area (TPSA) is 39.4 Å². The fourth-order valence-electron chi connectivity index (χ4n) is 1.73. The minimum absolute atomic E-state index is 0.384. The van der Waals surface area contributed by atoms with E-state index < -0.39 is 0 Å². The first-order valence-corrected chi connectivity index (χ1v) is 6.03. The summed E-state index contributed by atoms with van der Waals surface area (Å²) in [5.74, 6) is 1.07. The number of allylic oxidation sites excluding steroid dienone is 1. The van der Waals surface area contributed by atoms with Gasteiger partial charge in [0.25, 0.3) is 0 Å². The Hall–Kier alpha value is -2.29. The number of rotatable bonds is 3. The van der Waals surface area contributed by atoms with Gasteiger partial charge in [0.15, 0.2) is 0 Å². The molecule has 0 fully saturated rings. The van der Waals surface area contributed by atoms with Crippen molar-refractivity contribution >= 4 is 11.5 Å². The number of hydrogen-bond acceptors (Lipinski definition) is 3. The monoisotopic (exact) mass is 256 g/mol. The molecule has 1 aromatic carbocycles. The van der Waals surface area contributed by atoms with E-state index in [2.05, 4.69) is 4.74 Å². The van der Waals surface area contributed by atoms with E-state index >= 15 is 0 Å². The summed E-state index contributed by atoms with van der Waals surface area (Å²) >= 11 is 0. The zero-order chi connectivity index (χ0) is 13.8. The van der Waals surface area contributed by atoms with E-state index in [1.165, 1.54) is 18.7 Å². The van der Waals surface area contributed by atoms with E-state index in [1.54, 1.807) is 0 Å². The van der Waals surface area contributed by atoms with Crippen molar-refractivity contribution in [3.05, 3.63) is 53.8 Å². The average Bonchev–Trinajstić information content (AvgIpc) is 2.89. The zero-order valence-electron chi connectivity index (χ0n) is 11.3. The minimum Gasteiger partial charge on any atom is -0.466 e. The van der Waals surface area contributed by atoms with E-state index in [4.69, 9.17) is 4.42 Å². The van der Waals surface area contributed by atoms with Crippen molar-refractivity contribution < 1.29 is 13.9 Å². The van der Waals surface area contributed by atoms with Crippen molar-refractivity contribution in [2.45, 2.75) is 13.8 Å². The van der Waals surface area contributed by atoms with Gasteiger partial charge in [0.05, 0.1) is 7.11 Å². The molecule has 2 rings (SSSR count). The fraction of sp³-hybridized carbons (Fsp3) is 0.188. The highest BCUT2D eigenvalue weighted by Gasteiger charge is 2.07. The molecule has 0 bridgehead atoms. The lowest BCUT2D eigenvalue weighted by Crippen LogP contribution is -1.95. The molecule has 0 atom stereocenters. The molecule has 0 aliphatic heterocycles. The predicted octanol–water partition coefficient (Wildman–Crippen LogP) is 3.83. The van der Waals surface area contributed by atoms with E-state index in [-0.39, 0.29) is 5.97 Å². The molecule has 19 heavy (non-hydrogen) atoms. The quantitative estimate of drug-likeness (QED) is 0.619. The van der Waals surface area contributed by atoms with Crippen molar-refractivity contribution in [3.63, 3.8) is 0 Å². The van der Waals surface area contributed by atoms with Crippen LogP contribution in [0.25, 0.3) is 16.9 Å². The van der Waals surface area contributed by atoms with E-state index in [0.29, 0.717) is 5.76 Å². The SMILES string of the molecule is COC(=O)/C=C(\C)c1ccc(-c2ccc(C)cc2)o1. The number of furan rings is 1. The summed E-state index contributed by atoms with van der Waals surface area (Å²) in [5.41, 5.74) is 2.96. The Labute approximate surface area is 112 Å². The number of aryl methyl sites for hydroxylation is 1. The van der Waals surface area contributed by atoms with Gasteiger partial charge in [-0.05, 0) is 31.6 Å². The summed E-state index contributed by atoms with van der Waals surface area (Å²) in [6.07, 6.45) is 1.41. The third-order valence-electron chi connectivity index (χ3n) is 2.87. The Balaban J connectivity index is 2.26. The van der Waals surface area contributed by atoms with Crippen LogP contribution in [0.5, 0.6) is 0 Å². The summed E-state index contributed by atoms with van der Waals surface area (Å²) in [6, 6.07) is 11.8. The lowest BCUT2D eigenvalue weighted by Gasteiger charge is -1.99. The molecule has 3 nitrogen and oxygen atoms in total. The van der Waals surface area contributed by atoms with Gasteiger partial charge in [-0.3, -0.25) is 0 Å². The normalized spacial score (nSPS) is 11.4. The van der Waals surface area contributed by atoms with Gasteiger partial charge in [0, 0.05) is 11.6 Å².